The summed E-state index contributed by atoms with van der Waals surface area (Å²) in [5.74, 6) is -0.0122. The van der Waals surface area contributed by atoms with Gasteiger partial charge in [-0.15, -0.1) is 0 Å². The summed E-state index contributed by atoms with van der Waals surface area (Å²) in [5.41, 5.74) is 3.40. The zero-order valence-corrected chi connectivity index (χ0v) is 16.8. The molecule has 0 aliphatic carbocycles. The molecule has 0 saturated heterocycles. The number of nitrogens with zero attached hydrogens (tertiary/aromatic N) is 3. The predicted molar refractivity (Wildman–Crippen MR) is 111 cm³/mol. The minimum Gasteiger partial charge on any atom is -0.356 e. The van der Waals surface area contributed by atoms with Gasteiger partial charge in [-0.3, -0.25) is 9.59 Å². The second kappa shape index (κ2) is 8.02. The van der Waals surface area contributed by atoms with E-state index in [1.165, 1.54) is 0 Å². The molecule has 8 heteroatoms. The van der Waals surface area contributed by atoms with Crippen molar-refractivity contribution in [2.75, 3.05) is 6.54 Å². The number of aryl methyl sites for hydroxylation is 1. The molecule has 1 aromatic carbocycles. The van der Waals surface area contributed by atoms with Crippen molar-refractivity contribution in [3.05, 3.63) is 69.6 Å². The van der Waals surface area contributed by atoms with Crippen LogP contribution in [0.1, 0.15) is 18.5 Å². The number of carbonyl (C=O) groups is 1. The Balaban J connectivity index is 1.45. The maximum atomic E-state index is 12.9. The smallest absolute Gasteiger partial charge is 0.275 e. The molecule has 0 unspecified atom stereocenters. The molecule has 1 amide bonds. The fourth-order valence-corrected chi connectivity index (χ4v) is 3.74. The van der Waals surface area contributed by atoms with E-state index < -0.39 is 0 Å². The number of amides is 1. The number of aromatic amines is 1. The molecule has 0 atom stereocenters. The zero-order chi connectivity index (χ0) is 19.5. The third-order valence-electron chi connectivity index (χ3n) is 4.76. The van der Waals surface area contributed by atoms with E-state index in [-0.39, 0.29) is 11.5 Å². The van der Waals surface area contributed by atoms with Crippen molar-refractivity contribution in [2.24, 2.45) is 0 Å². The molecule has 3 aromatic heterocycles. The van der Waals surface area contributed by atoms with Gasteiger partial charge in [0.1, 0.15) is 5.52 Å². The predicted octanol–water partition coefficient (Wildman–Crippen LogP) is 2.88. The maximum absolute atomic E-state index is 12.9. The Bertz CT molecular complexity index is 1180. The van der Waals surface area contributed by atoms with Crippen molar-refractivity contribution >= 4 is 38.4 Å². The van der Waals surface area contributed by atoms with Crippen LogP contribution in [-0.2, 0) is 17.8 Å². The van der Waals surface area contributed by atoms with Crippen LogP contribution in [0.25, 0.3) is 16.6 Å². The highest BCUT2D eigenvalue weighted by Crippen LogP contribution is 2.20. The molecule has 0 bridgehead atoms. The first-order chi connectivity index (χ1) is 13.6. The molecule has 0 saturated carbocycles. The van der Waals surface area contributed by atoms with E-state index in [4.69, 9.17) is 0 Å². The molecule has 4 aromatic rings. The van der Waals surface area contributed by atoms with Crippen molar-refractivity contribution in [2.45, 2.75) is 25.8 Å². The minimum atomic E-state index is -0.0461. The molecule has 3 heterocycles. The number of aromatic nitrogens is 4. The van der Waals surface area contributed by atoms with Crippen LogP contribution >= 0.6 is 15.9 Å². The lowest BCUT2D eigenvalue weighted by molar-refractivity contribution is -0.121. The van der Waals surface area contributed by atoms with Crippen LogP contribution in [0.15, 0.2) is 58.3 Å². The maximum Gasteiger partial charge on any atom is 0.275 e. The Hall–Kier alpha value is -2.87. The number of halogens is 1. The normalized spacial score (nSPS) is 11.3. The molecule has 28 heavy (non-hydrogen) atoms. The molecule has 0 aliphatic heterocycles. The summed E-state index contributed by atoms with van der Waals surface area (Å²) < 4.78 is 4.58. The molecule has 0 radical (unpaired) electrons. The van der Waals surface area contributed by atoms with E-state index in [1.807, 2.05) is 40.9 Å². The van der Waals surface area contributed by atoms with E-state index >= 15 is 0 Å². The third kappa shape index (κ3) is 3.73. The summed E-state index contributed by atoms with van der Waals surface area (Å²) in [6.07, 6.45) is 6.95. The van der Waals surface area contributed by atoms with Crippen LogP contribution in [0.5, 0.6) is 0 Å². The summed E-state index contributed by atoms with van der Waals surface area (Å²) in [7, 11) is 0. The molecule has 144 valence electrons. The average molecular weight is 442 g/mol. The van der Waals surface area contributed by atoms with Crippen LogP contribution in [-0.4, -0.2) is 31.4 Å². The van der Waals surface area contributed by atoms with Crippen LogP contribution in [0.4, 0.5) is 0 Å². The number of benzene rings is 1. The van der Waals surface area contributed by atoms with Gasteiger partial charge in [0.2, 0.25) is 5.91 Å². The number of imidazole rings is 1. The lowest BCUT2D eigenvalue weighted by Crippen LogP contribution is -2.27. The van der Waals surface area contributed by atoms with Crippen molar-refractivity contribution in [1.82, 2.24) is 24.3 Å². The van der Waals surface area contributed by atoms with E-state index in [9.17, 15) is 9.59 Å². The second-order valence-electron chi connectivity index (χ2n) is 6.63. The lowest BCUT2D eigenvalue weighted by atomic mass is 10.2. The first kappa shape index (κ1) is 18.5. The molecule has 0 fully saturated rings. The van der Waals surface area contributed by atoms with Crippen LogP contribution in [0.2, 0.25) is 0 Å². The number of nitrogens with one attached hydrogen (secondary N) is 2. The Morgan fingerprint density at radius 1 is 1.21 bits per heavy atom. The minimum absolute atomic E-state index is 0.0122. The lowest BCUT2D eigenvalue weighted by Gasteiger charge is -2.13. The SMILES string of the molecule is O=C(CCCn1c(=O)c2cccn2c2ccc(Br)cc21)NCCc1cnc[nH]1. The topological polar surface area (TPSA) is 84.2 Å². The summed E-state index contributed by atoms with van der Waals surface area (Å²) in [4.78, 5) is 32.0. The van der Waals surface area contributed by atoms with Crippen LogP contribution < -0.4 is 10.9 Å². The third-order valence-corrected chi connectivity index (χ3v) is 5.25. The van der Waals surface area contributed by atoms with Gasteiger partial charge < -0.3 is 19.3 Å². The molecule has 2 N–H and O–H groups in total. The van der Waals surface area contributed by atoms with Gasteiger partial charge >= 0.3 is 0 Å². The fraction of sp³-hybridized carbons (Fsp3) is 0.250. The summed E-state index contributed by atoms with van der Waals surface area (Å²) in [5, 5.41) is 2.91. The van der Waals surface area contributed by atoms with Crippen molar-refractivity contribution in [3.8, 4) is 0 Å². The molecule has 7 nitrogen and oxygen atoms in total. The molecule has 0 spiro atoms. The largest absolute Gasteiger partial charge is 0.356 e. The zero-order valence-electron chi connectivity index (χ0n) is 15.2. The Morgan fingerprint density at radius 2 is 2.11 bits per heavy atom. The van der Waals surface area contributed by atoms with Gasteiger partial charge in [-0.1, -0.05) is 15.9 Å². The standard InChI is InChI=1S/C20H20BrN5O2/c21-14-5-6-16-18(11-14)26(20(28)17-3-1-9-25(16)17)10-2-4-19(27)23-8-7-15-12-22-13-24-15/h1,3,5-6,9,11-13H,2,4,7-8,10H2,(H,22,24)(H,23,27). The van der Waals surface area contributed by atoms with E-state index in [0.29, 0.717) is 31.4 Å². The van der Waals surface area contributed by atoms with Gasteiger partial charge in [0, 0.05) is 48.5 Å². The highest BCUT2D eigenvalue weighted by molar-refractivity contribution is 9.10. The summed E-state index contributed by atoms with van der Waals surface area (Å²) in [6.45, 7) is 1.05. The first-order valence-corrected chi connectivity index (χ1v) is 9.96. The van der Waals surface area contributed by atoms with Crippen LogP contribution in [0.3, 0.4) is 0 Å². The fourth-order valence-electron chi connectivity index (χ4n) is 3.40. The molecular formula is C20H20BrN5O2. The van der Waals surface area contributed by atoms with Gasteiger partial charge in [-0.25, -0.2) is 4.98 Å². The molecular weight excluding hydrogens is 422 g/mol. The van der Waals surface area contributed by atoms with Crippen molar-refractivity contribution < 1.29 is 4.79 Å². The number of hydrogen-bond acceptors (Lipinski definition) is 3. The van der Waals surface area contributed by atoms with Gasteiger partial charge in [-0.2, -0.15) is 0 Å². The van der Waals surface area contributed by atoms with Crippen molar-refractivity contribution in [3.63, 3.8) is 0 Å². The Kier molecular flexibility index (Phi) is 5.29. The molecule has 0 aliphatic rings. The summed E-state index contributed by atoms with van der Waals surface area (Å²) in [6, 6.07) is 9.59. The number of carbonyl (C=O) groups excluding carboxylic acids is 1. The summed E-state index contributed by atoms with van der Waals surface area (Å²) >= 11 is 3.49. The number of fused-ring (bicyclic) bond motifs is 3. The Labute approximate surface area is 169 Å². The van der Waals surface area contributed by atoms with E-state index in [1.54, 1.807) is 17.1 Å². The van der Waals surface area contributed by atoms with E-state index in [2.05, 4.69) is 31.2 Å². The van der Waals surface area contributed by atoms with Gasteiger partial charge in [-0.05, 0) is 36.8 Å². The number of rotatable bonds is 7. The monoisotopic (exact) mass is 441 g/mol. The molecule has 4 rings (SSSR count). The van der Waals surface area contributed by atoms with Gasteiger partial charge in [0.15, 0.2) is 0 Å². The highest BCUT2D eigenvalue weighted by atomic mass is 79.9. The Morgan fingerprint density at radius 3 is 2.93 bits per heavy atom. The first-order valence-electron chi connectivity index (χ1n) is 9.16. The highest BCUT2D eigenvalue weighted by Gasteiger charge is 2.11. The quantitative estimate of drug-likeness (QED) is 0.462. The average Bonchev–Trinajstić information content (AvgIpc) is 3.36. The van der Waals surface area contributed by atoms with Crippen LogP contribution in [0, 0.1) is 0 Å². The van der Waals surface area contributed by atoms with Gasteiger partial charge in [0.05, 0.1) is 17.4 Å². The van der Waals surface area contributed by atoms with E-state index in [0.717, 1.165) is 27.6 Å². The van der Waals surface area contributed by atoms with Crippen molar-refractivity contribution in [1.29, 1.82) is 0 Å². The second-order valence-corrected chi connectivity index (χ2v) is 7.55. The number of H-pyrrole nitrogens is 1. The van der Waals surface area contributed by atoms with Gasteiger partial charge in [0.25, 0.3) is 5.56 Å². The number of hydrogen-bond donors (Lipinski definition) is 2.